The van der Waals surface area contributed by atoms with Gasteiger partial charge in [0.05, 0.1) is 4.90 Å². The largest absolute Gasteiger partial charge is 0.399 e. The molecule has 1 aromatic carbocycles. The minimum Gasteiger partial charge on any atom is -0.399 e. The van der Waals surface area contributed by atoms with E-state index in [0.717, 1.165) is 0 Å². The van der Waals surface area contributed by atoms with Crippen LogP contribution in [0.2, 0.25) is 0 Å². The Bertz CT molecular complexity index is 483. The Morgan fingerprint density at radius 3 is 2.26 bits per heavy atom. The van der Waals surface area contributed by atoms with Crippen LogP contribution in [0.1, 0.15) is 20.3 Å². The number of benzene rings is 1. The first kappa shape index (κ1) is 15.9. The summed E-state index contributed by atoms with van der Waals surface area (Å²) in [7, 11) is -3.46. The molecule has 0 atom stereocenters. The van der Waals surface area contributed by atoms with Gasteiger partial charge in [0, 0.05) is 18.8 Å². The Morgan fingerprint density at radius 2 is 1.79 bits per heavy atom. The highest BCUT2D eigenvalue weighted by atomic mass is 32.2. The Balaban J connectivity index is 3.00. The van der Waals surface area contributed by atoms with Gasteiger partial charge in [-0.25, -0.2) is 8.42 Å². The van der Waals surface area contributed by atoms with Crippen LogP contribution >= 0.6 is 0 Å². The summed E-state index contributed by atoms with van der Waals surface area (Å²) >= 11 is 0. The number of nitrogen functional groups attached to an aromatic ring is 1. The van der Waals surface area contributed by atoms with Gasteiger partial charge in [-0.2, -0.15) is 4.31 Å². The zero-order valence-corrected chi connectivity index (χ0v) is 12.4. The quantitative estimate of drug-likeness (QED) is 0.738. The third-order valence-corrected chi connectivity index (χ3v) is 4.58. The highest BCUT2D eigenvalue weighted by Gasteiger charge is 2.24. The Morgan fingerprint density at radius 1 is 1.21 bits per heavy atom. The van der Waals surface area contributed by atoms with E-state index in [1.165, 1.54) is 4.31 Å². The molecule has 4 N–H and O–H groups in total. The van der Waals surface area contributed by atoms with Crippen molar-refractivity contribution in [1.29, 1.82) is 0 Å². The molecular formula is C13H23N3O2S. The predicted molar refractivity (Wildman–Crippen MR) is 78.1 cm³/mol. The van der Waals surface area contributed by atoms with E-state index < -0.39 is 10.0 Å². The Labute approximate surface area is 115 Å². The van der Waals surface area contributed by atoms with Crippen LogP contribution in [-0.4, -0.2) is 32.4 Å². The lowest BCUT2D eigenvalue weighted by atomic mass is 10.2. The molecule has 0 aliphatic rings. The lowest BCUT2D eigenvalue weighted by molar-refractivity contribution is 0.364. The zero-order valence-electron chi connectivity index (χ0n) is 11.5. The number of rotatable bonds is 7. The van der Waals surface area contributed by atoms with Crippen LogP contribution < -0.4 is 11.5 Å². The molecule has 0 saturated heterocycles. The van der Waals surface area contributed by atoms with Crippen molar-refractivity contribution >= 4 is 15.7 Å². The van der Waals surface area contributed by atoms with E-state index in [0.29, 0.717) is 31.7 Å². The van der Waals surface area contributed by atoms with E-state index in [1.54, 1.807) is 24.3 Å². The second kappa shape index (κ2) is 6.88. The molecular weight excluding hydrogens is 262 g/mol. The molecule has 0 aliphatic carbocycles. The van der Waals surface area contributed by atoms with E-state index >= 15 is 0 Å². The number of anilines is 1. The van der Waals surface area contributed by atoms with Gasteiger partial charge in [0.1, 0.15) is 0 Å². The second-order valence-corrected chi connectivity index (χ2v) is 6.91. The molecule has 0 unspecified atom stereocenters. The highest BCUT2D eigenvalue weighted by molar-refractivity contribution is 7.89. The molecule has 0 fully saturated rings. The van der Waals surface area contributed by atoms with Crippen LogP contribution in [0.5, 0.6) is 0 Å². The summed E-state index contributed by atoms with van der Waals surface area (Å²) in [6.45, 7) is 5.40. The van der Waals surface area contributed by atoms with Gasteiger partial charge in [0.25, 0.3) is 0 Å². The van der Waals surface area contributed by atoms with E-state index in [-0.39, 0.29) is 10.8 Å². The molecule has 0 saturated carbocycles. The summed E-state index contributed by atoms with van der Waals surface area (Å²) < 4.78 is 26.6. The Kier molecular flexibility index (Phi) is 5.78. The molecule has 1 aromatic rings. The summed E-state index contributed by atoms with van der Waals surface area (Å²) in [5.74, 6) is 0.265. The molecule has 0 heterocycles. The van der Waals surface area contributed by atoms with Gasteiger partial charge >= 0.3 is 0 Å². The van der Waals surface area contributed by atoms with Gasteiger partial charge < -0.3 is 11.5 Å². The SMILES string of the molecule is CC(C)CN(CCCN)S(=O)(=O)c1ccc(N)cc1. The summed E-state index contributed by atoms with van der Waals surface area (Å²) in [5, 5.41) is 0. The van der Waals surface area contributed by atoms with Crippen molar-refractivity contribution in [3.63, 3.8) is 0 Å². The van der Waals surface area contributed by atoms with Crippen molar-refractivity contribution in [1.82, 2.24) is 4.31 Å². The summed E-state index contributed by atoms with van der Waals surface area (Å²) in [6.07, 6.45) is 0.654. The van der Waals surface area contributed by atoms with Crippen LogP contribution in [0.4, 0.5) is 5.69 Å². The molecule has 0 bridgehead atoms. The fourth-order valence-corrected chi connectivity index (χ4v) is 3.42. The molecule has 108 valence electrons. The predicted octanol–water partition coefficient (Wildman–Crippen LogP) is 1.26. The molecule has 0 aromatic heterocycles. The van der Waals surface area contributed by atoms with Crippen LogP contribution in [0.3, 0.4) is 0 Å². The number of hydrogen-bond donors (Lipinski definition) is 2. The molecule has 0 aliphatic heterocycles. The zero-order chi connectivity index (χ0) is 14.5. The van der Waals surface area contributed by atoms with Crippen LogP contribution in [0, 0.1) is 5.92 Å². The maximum Gasteiger partial charge on any atom is 0.243 e. The first-order chi connectivity index (χ1) is 8.87. The smallest absolute Gasteiger partial charge is 0.243 e. The van der Waals surface area contributed by atoms with E-state index in [1.807, 2.05) is 13.8 Å². The molecule has 19 heavy (non-hydrogen) atoms. The molecule has 1 rings (SSSR count). The third-order valence-electron chi connectivity index (χ3n) is 2.70. The van der Waals surface area contributed by atoms with Gasteiger partial charge in [-0.1, -0.05) is 13.8 Å². The van der Waals surface area contributed by atoms with Gasteiger partial charge in [-0.3, -0.25) is 0 Å². The maximum atomic E-state index is 12.5. The van der Waals surface area contributed by atoms with Crippen molar-refractivity contribution in [2.24, 2.45) is 11.7 Å². The molecule has 0 spiro atoms. The van der Waals surface area contributed by atoms with Gasteiger partial charge in [-0.15, -0.1) is 0 Å². The fourth-order valence-electron chi connectivity index (χ4n) is 1.77. The number of nitrogens with zero attached hydrogens (tertiary/aromatic N) is 1. The normalized spacial score (nSPS) is 12.3. The van der Waals surface area contributed by atoms with Gasteiger partial charge in [0.2, 0.25) is 10.0 Å². The lowest BCUT2D eigenvalue weighted by Gasteiger charge is -2.23. The van der Waals surface area contributed by atoms with Crippen LogP contribution in [0.15, 0.2) is 29.2 Å². The van der Waals surface area contributed by atoms with E-state index in [2.05, 4.69) is 0 Å². The van der Waals surface area contributed by atoms with Crippen molar-refractivity contribution < 1.29 is 8.42 Å². The van der Waals surface area contributed by atoms with Gasteiger partial charge in [0.15, 0.2) is 0 Å². The van der Waals surface area contributed by atoms with Crippen LogP contribution in [0.25, 0.3) is 0 Å². The monoisotopic (exact) mass is 285 g/mol. The Hall–Kier alpha value is -1.11. The third kappa shape index (κ3) is 4.49. The average molecular weight is 285 g/mol. The standard InChI is InChI=1S/C13H23N3O2S/c1-11(2)10-16(9-3-8-14)19(17,18)13-6-4-12(15)5-7-13/h4-7,11H,3,8-10,14-15H2,1-2H3. The van der Waals surface area contributed by atoms with Crippen molar-refractivity contribution in [3.05, 3.63) is 24.3 Å². The molecule has 0 radical (unpaired) electrons. The lowest BCUT2D eigenvalue weighted by Crippen LogP contribution is -2.35. The number of hydrogen-bond acceptors (Lipinski definition) is 4. The van der Waals surface area contributed by atoms with E-state index in [9.17, 15) is 8.42 Å². The minimum atomic E-state index is -3.46. The van der Waals surface area contributed by atoms with Crippen molar-refractivity contribution in [2.45, 2.75) is 25.2 Å². The highest BCUT2D eigenvalue weighted by Crippen LogP contribution is 2.18. The maximum absolute atomic E-state index is 12.5. The number of nitrogens with two attached hydrogens (primary N) is 2. The molecule has 6 heteroatoms. The minimum absolute atomic E-state index is 0.265. The van der Waals surface area contributed by atoms with E-state index in [4.69, 9.17) is 11.5 Å². The molecule has 5 nitrogen and oxygen atoms in total. The summed E-state index contributed by atoms with van der Waals surface area (Å²) in [5.41, 5.74) is 11.6. The topological polar surface area (TPSA) is 89.4 Å². The van der Waals surface area contributed by atoms with Crippen LogP contribution in [-0.2, 0) is 10.0 Å². The second-order valence-electron chi connectivity index (χ2n) is 4.97. The van der Waals surface area contributed by atoms with Gasteiger partial charge in [-0.05, 0) is 43.1 Å². The first-order valence-corrected chi connectivity index (χ1v) is 7.87. The van der Waals surface area contributed by atoms with Crippen molar-refractivity contribution in [2.75, 3.05) is 25.4 Å². The first-order valence-electron chi connectivity index (χ1n) is 6.43. The van der Waals surface area contributed by atoms with Crippen molar-refractivity contribution in [3.8, 4) is 0 Å². The fraction of sp³-hybridized carbons (Fsp3) is 0.538. The average Bonchev–Trinajstić information content (AvgIpc) is 2.34. The summed E-state index contributed by atoms with van der Waals surface area (Å²) in [4.78, 5) is 0.277. The molecule has 0 amide bonds. The number of sulfonamides is 1. The summed E-state index contributed by atoms with van der Waals surface area (Å²) in [6, 6.07) is 6.29.